The Kier molecular flexibility index (Phi) is 5.12. The van der Waals surface area contributed by atoms with Gasteiger partial charge in [-0.15, -0.1) is 0 Å². The molecular formula is C16H19N3O. The van der Waals surface area contributed by atoms with Gasteiger partial charge in [0, 0.05) is 25.5 Å². The van der Waals surface area contributed by atoms with E-state index in [0.29, 0.717) is 13.1 Å². The topological polar surface area (TPSA) is 54.0 Å². The molecule has 2 aromatic rings. The third-order valence-corrected chi connectivity index (χ3v) is 2.96. The lowest BCUT2D eigenvalue weighted by molar-refractivity contribution is 0.240. The summed E-state index contributed by atoms with van der Waals surface area (Å²) in [5, 5.41) is 5.68. The van der Waals surface area contributed by atoms with Gasteiger partial charge in [-0.2, -0.15) is 0 Å². The largest absolute Gasteiger partial charge is 0.338 e. The molecule has 2 amide bonds. The monoisotopic (exact) mass is 269 g/mol. The lowest BCUT2D eigenvalue weighted by atomic mass is 10.1. The fraction of sp³-hybridized carbons (Fsp3) is 0.250. The first-order valence-corrected chi connectivity index (χ1v) is 6.70. The number of aryl methyl sites for hydroxylation is 1. The van der Waals surface area contributed by atoms with E-state index in [0.717, 1.165) is 17.5 Å². The zero-order valence-corrected chi connectivity index (χ0v) is 11.6. The Bertz CT molecular complexity index is 555. The Morgan fingerprint density at radius 3 is 2.75 bits per heavy atom. The number of nitrogens with one attached hydrogen (secondary N) is 2. The van der Waals surface area contributed by atoms with Crippen LogP contribution in [0.2, 0.25) is 0 Å². The van der Waals surface area contributed by atoms with E-state index >= 15 is 0 Å². The molecule has 0 aliphatic rings. The van der Waals surface area contributed by atoms with Crippen LogP contribution in [0.4, 0.5) is 4.79 Å². The highest BCUT2D eigenvalue weighted by atomic mass is 16.2. The number of hydrogen-bond donors (Lipinski definition) is 2. The van der Waals surface area contributed by atoms with E-state index in [2.05, 4.69) is 21.7 Å². The molecule has 1 aromatic heterocycles. The van der Waals surface area contributed by atoms with Crippen LogP contribution in [0.5, 0.6) is 0 Å². The molecule has 20 heavy (non-hydrogen) atoms. The average molecular weight is 269 g/mol. The Morgan fingerprint density at radius 1 is 1.15 bits per heavy atom. The Hall–Kier alpha value is -2.36. The minimum atomic E-state index is -0.143. The van der Waals surface area contributed by atoms with E-state index in [1.54, 1.807) is 6.20 Å². The third kappa shape index (κ3) is 4.72. The van der Waals surface area contributed by atoms with Gasteiger partial charge in [-0.05, 0) is 30.5 Å². The quantitative estimate of drug-likeness (QED) is 0.876. The van der Waals surface area contributed by atoms with Crippen molar-refractivity contribution in [2.24, 2.45) is 0 Å². The summed E-state index contributed by atoms with van der Waals surface area (Å²) in [5.74, 6) is 0. The Balaban J connectivity index is 1.68. The molecular weight excluding hydrogens is 250 g/mol. The normalized spacial score (nSPS) is 10.1. The van der Waals surface area contributed by atoms with E-state index in [9.17, 15) is 4.79 Å². The van der Waals surface area contributed by atoms with Gasteiger partial charge in [0.05, 0.1) is 0 Å². The highest BCUT2D eigenvalue weighted by molar-refractivity contribution is 5.73. The molecule has 1 aromatic carbocycles. The first-order valence-electron chi connectivity index (χ1n) is 6.70. The summed E-state index contributed by atoms with van der Waals surface area (Å²) >= 11 is 0. The number of rotatable bonds is 5. The van der Waals surface area contributed by atoms with Crippen LogP contribution in [-0.2, 0) is 13.0 Å². The van der Waals surface area contributed by atoms with Crippen LogP contribution in [-0.4, -0.2) is 17.6 Å². The highest BCUT2D eigenvalue weighted by Crippen LogP contribution is 2.03. The summed E-state index contributed by atoms with van der Waals surface area (Å²) in [4.78, 5) is 15.7. The molecule has 4 heteroatoms. The minimum absolute atomic E-state index is 0.143. The molecule has 0 bridgehead atoms. The fourth-order valence-electron chi connectivity index (χ4n) is 1.93. The van der Waals surface area contributed by atoms with Crippen LogP contribution in [0.3, 0.4) is 0 Å². The lowest BCUT2D eigenvalue weighted by Crippen LogP contribution is -2.36. The van der Waals surface area contributed by atoms with Crippen LogP contribution in [0.15, 0.2) is 48.8 Å². The SMILES string of the molecule is Cc1cccc(CNC(=O)NCCc2cccnc2)c1. The number of amides is 2. The van der Waals surface area contributed by atoms with Crippen molar-refractivity contribution in [3.8, 4) is 0 Å². The standard InChI is InChI=1S/C16H19N3O/c1-13-4-2-5-15(10-13)12-19-16(20)18-9-7-14-6-3-8-17-11-14/h2-6,8,10-11H,7,9,12H2,1H3,(H2,18,19,20). The summed E-state index contributed by atoms with van der Waals surface area (Å²) in [6.07, 6.45) is 4.34. The number of nitrogens with zero attached hydrogens (tertiary/aromatic N) is 1. The molecule has 0 saturated carbocycles. The van der Waals surface area contributed by atoms with E-state index in [1.165, 1.54) is 5.56 Å². The maximum atomic E-state index is 11.7. The first kappa shape index (κ1) is 14.1. The lowest BCUT2D eigenvalue weighted by Gasteiger charge is -2.08. The number of carbonyl (C=O) groups is 1. The second kappa shape index (κ2) is 7.28. The molecule has 0 spiro atoms. The van der Waals surface area contributed by atoms with Gasteiger partial charge in [0.1, 0.15) is 0 Å². The molecule has 1 heterocycles. The van der Waals surface area contributed by atoms with Crippen molar-refractivity contribution in [2.45, 2.75) is 19.9 Å². The summed E-state index contributed by atoms with van der Waals surface area (Å²) in [6.45, 7) is 3.18. The van der Waals surface area contributed by atoms with E-state index < -0.39 is 0 Å². The molecule has 0 unspecified atom stereocenters. The molecule has 2 N–H and O–H groups in total. The predicted octanol–water partition coefficient (Wildman–Crippen LogP) is 2.43. The van der Waals surface area contributed by atoms with Gasteiger partial charge in [-0.25, -0.2) is 4.79 Å². The zero-order valence-electron chi connectivity index (χ0n) is 11.6. The van der Waals surface area contributed by atoms with Crippen molar-refractivity contribution in [1.29, 1.82) is 0 Å². The molecule has 0 atom stereocenters. The van der Waals surface area contributed by atoms with E-state index in [-0.39, 0.29) is 6.03 Å². The van der Waals surface area contributed by atoms with Crippen LogP contribution in [0, 0.1) is 6.92 Å². The van der Waals surface area contributed by atoms with Gasteiger partial charge in [0.25, 0.3) is 0 Å². The average Bonchev–Trinajstić information content (AvgIpc) is 2.46. The van der Waals surface area contributed by atoms with Crippen molar-refractivity contribution in [3.63, 3.8) is 0 Å². The molecule has 2 rings (SSSR count). The maximum absolute atomic E-state index is 11.7. The van der Waals surface area contributed by atoms with Gasteiger partial charge in [0.15, 0.2) is 0 Å². The van der Waals surface area contributed by atoms with Crippen LogP contribution < -0.4 is 10.6 Å². The van der Waals surface area contributed by atoms with Gasteiger partial charge in [-0.1, -0.05) is 35.9 Å². The summed E-state index contributed by atoms with van der Waals surface area (Å²) < 4.78 is 0. The number of hydrogen-bond acceptors (Lipinski definition) is 2. The molecule has 0 radical (unpaired) electrons. The molecule has 0 fully saturated rings. The smallest absolute Gasteiger partial charge is 0.315 e. The van der Waals surface area contributed by atoms with Gasteiger partial charge in [0.2, 0.25) is 0 Å². The molecule has 0 aliphatic heterocycles. The second-order valence-corrected chi connectivity index (χ2v) is 4.71. The maximum Gasteiger partial charge on any atom is 0.315 e. The number of pyridine rings is 1. The van der Waals surface area contributed by atoms with Gasteiger partial charge < -0.3 is 10.6 Å². The van der Waals surface area contributed by atoms with Crippen molar-refractivity contribution in [1.82, 2.24) is 15.6 Å². The summed E-state index contributed by atoms with van der Waals surface area (Å²) in [7, 11) is 0. The first-order chi connectivity index (χ1) is 9.74. The highest BCUT2D eigenvalue weighted by Gasteiger charge is 2.00. The minimum Gasteiger partial charge on any atom is -0.338 e. The van der Waals surface area contributed by atoms with E-state index in [1.807, 2.05) is 43.5 Å². The second-order valence-electron chi connectivity index (χ2n) is 4.71. The molecule has 104 valence electrons. The van der Waals surface area contributed by atoms with Crippen molar-refractivity contribution in [3.05, 3.63) is 65.5 Å². The zero-order chi connectivity index (χ0) is 14.2. The third-order valence-electron chi connectivity index (χ3n) is 2.96. The summed E-state index contributed by atoms with van der Waals surface area (Å²) in [6, 6.07) is 11.9. The van der Waals surface area contributed by atoms with Crippen molar-refractivity contribution >= 4 is 6.03 Å². The Morgan fingerprint density at radius 2 is 2.00 bits per heavy atom. The van der Waals surface area contributed by atoms with Crippen molar-refractivity contribution < 1.29 is 4.79 Å². The molecule has 4 nitrogen and oxygen atoms in total. The summed E-state index contributed by atoms with van der Waals surface area (Å²) in [5.41, 5.74) is 3.42. The van der Waals surface area contributed by atoms with Gasteiger partial charge >= 0.3 is 6.03 Å². The fourth-order valence-corrected chi connectivity index (χ4v) is 1.93. The predicted molar refractivity (Wildman–Crippen MR) is 79.4 cm³/mol. The number of benzene rings is 1. The number of carbonyl (C=O) groups excluding carboxylic acids is 1. The van der Waals surface area contributed by atoms with Crippen LogP contribution >= 0.6 is 0 Å². The number of urea groups is 1. The van der Waals surface area contributed by atoms with Crippen molar-refractivity contribution in [2.75, 3.05) is 6.54 Å². The van der Waals surface area contributed by atoms with Gasteiger partial charge in [-0.3, -0.25) is 4.98 Å². The van der Waals surface area contributed by atoms with E-state index in [4.69, 9.17) is 0 Å². The number of aromatic nitrogens is 1. The molecule has 0 saturated heterocycles. The van der Waals surface area contributed by atoms with Crippen LogP contribution in [0.25, 0.3) is 0 Å². The molecule has 0 aliphatic carbocycles. The Labute approximate surface area is 119 Å². The van der Waals surface area contributed by atoms with Crippen LogP contribution in [0.1, 0.15) is 16.7 Å².